The van der Waals surface area contributed by atoms with Crippen LogP contribution in [0.4, 0.5) is 5.69 Å². The SMILES string of the molecule is Cc1cc(Br)cc(C(N)=O)c1NC(=O)c1cc(I)nn1-c1ncccc1Cl. The van der Waals surface area contributed by atoms with Crippen LogP contribution in [0.2, 0.25) is 5.02 Å². The molecule has 2 heterocycles. The minimum Gasteiger partial charge on any atom is -0.366 e. The number of amides is 2. The van der Waals surface area contributed by atoms with Gasteiger partial charge in [0, 0.05) is 16.7 Å². The second-order valence-corrected chi connectivity index (χ2v) is 7.96. The Morgan fingerprint density at radius 3 is 2.74 bits per heavy atom. The summed E-state index contributed by atoms with van der Waals surface area (Å²) >= 11 is 11.5. The van der Waals surface area contributed by atoms with Gasteiger partial charge in [0.1, 0.15) is 9.39 Å². The molecule has 3 aromatic rings. The van der Waals surface area contributed by atoms with Crippen molar-refractivity contribution in [3.05, 3.63) is 66.5 Å². The number of nitrogens with one attached hydrogen (secondary N) is 1. The molecule has 2 aromatic heterocycles. The molecule has 10 heteroatoms. The average Bonchev–Trinajstić information content (AvgIpc) is 2.99. The lowest BCUT2D eigenvalue weighted by molar-refractivity contribution is 0.100. The Morgan fingerprint density at radius 1 is 1.33 bits per heavy atom. The molecule has 0 aliphatic rings. The molecule has 0 spiro atoms. The van der Waals surface area contributed by atoms with Crippen molar-refractivity contribution in [3.63, 3.8) is 0 Å². The molecule has 0 saturated heterocycles. The number of primary amides is 1. The highest BCUT2D eigenvalue weighted by Gasteiger charge is 2.21. The summed E-state index contributed by atoms with van der Waals surface area (Å²) in [5.41, 5.74) is 6.90. The summed E-state index contributed by atoms with van der Waals surface area (Å²) in [6.07, 6.45) is 1.56. The third kappa shape index (κ3) is 4.14. The maximum Gasteiger partial charge on any atom is 0.274 e. The molecule has 0 bridgehead atoms. The second-order valence-electron chi connectivity index (χ2n) is 5.54. The van der Waals surface area contributed by atoms with Gasteiger partial charge >= 0.3 is 0 Å². The zero-order valence-corrected chi connectivity index (χ0v) is 18.3. The van der Waals surface area contributed by atoms with E-state index in [4.69, 9.17) is 17.3 Å². The van der Waals surface area contributed by atoms with Crippen LogP contribution in [-0.2, 0) is 0 Å². The lowest BCUT2D eigenvalue weighted by Gasteiger charge is -2.14. The standard InChI is InChI=1S/C17H12BrClIN5O2/c1-8-5-9(18)6-10(15(21)26)14(8)23-17(27)12-7-13(20)24-25(12)16-11(19)3-2-4-22-16/h2-7H,1H3,(H2,21,26)(H,23,27). The lowest BCUT2D eigenvalue weighted by Crippen LogP contribution is -2.21. The molecule has 0 saturated carbocycles. The number of benzene rings is 1. The van der Waals surface area contributed by atoms with Crippen LogP contribution in [-0.4, -0.2) is 26.6 Å². The molecule has 3 rings (SSSR count). The molecule has 1 aromatic carbocycles. The molecule has 2 amide bonds. The Kier molecular flexibility index (Phi) is 5.82. The van der Waals surface area contributed by atoms with E-state index in [0.717, 1.165) is 0 Å². The number of hydrogen-bond donors (Lipinski definition) is 2. The van der Waals surface area contributed by atoms with Gasteiger partial charge < -0.3 is 11.1 Å². The minimum absolute atomic E-state index is 0.201. The summed E-state index contributed by atoms with van der Waals surface area (Å²) < 4.78 is 2.63. The van der Waals surface area contributed by atoms with Gasteiger partial charge in [-0.1, -0.05) is 27.5 Å². The van der Waals surface area contributed by atoms with Crippen molar-refractivity contribution in [1.82, 2.24) is 14.8 Å². The molecule has 7 nitrogen and oxygen atoms in total. The molecule has 138 valence electrons. The number of halogens is 3. The Morgan fingerprint density at radius 2 is 2.07 bits per heavy atom. The molecule has 0 radical (unpaired) electrons. The molecule has 0 unspecified atom stereocenters. The number of aryl methyl sites for hydroxylation is 1. The Hall–Kier alpha value is -1.98. The maximum absolute atomic E-state index is 12.9. The van der Waals surface area contributed by atoms with E-state index in [0.29, 0.717) is 30.3 Å². The van der Waals surface area contributed by atoms with Crippen LogP contribution in [0.1, 0.15) is 26.4 Å². The number of pyridine rings is 1. The summed E-state index contributed by atoms with van der Waals surface area (Å²) in [5.74, 6) is -0.791. The fraction of sp³-hybridized carbons (Fsp3) is 0.0588. The van der Waals surface area contributed by atoms with Gasteiger partial charge in [-0.2, -0.15) is 5.10 Å². The van der Waals surface area contributed by atoms with Crippen LogP contribution in [0.5, 0.6) is 0 Å². The fourth-order valence-electron chi connectivity index (χ4n) is 2.49. The number of nitrogens with zero attached hydrogens (tertiary/aromatic N) is 3. The smallest absolute Gasteiger partial charge is 0.274 e. The lowest BCUT2D eigenvalue weighted by atomic mass is 10.1. The molecular weight excluding hydrogens is 548 g/mol. The van der Waals surface area contributed by atoms with Crippen LogP contribution in [0.25, 0.3) is 5.82 Å². The van der Waals surface area contributed by atoms with Crippen molar-refractivity contribution in [2.75, 3.05) is 5.32 Å². The number of aromatic nitrogens is 3. The van der Waals surface area contributed by atoms with E-state index >= 15 is 0 Å². The van der Waals surface area contributed by atoms with Crippen LogP contribution >= 0.6 is 50.1 Å². The highest BCUT2D eigenvalue weighted by molar-refractivity contribution is 14.1. The third-order valence-corrected chi connectivity index (χ3v) is 4.94. The van der Waals surface area contributed by atoms with Gasteiger partial charge in [-0.05, 0) is 59.3 Å². The molecule has 0 aliphatic carbocycles. The van der Waals surface area contributed by atoms with E-state index in [2.05, 4.69) is 31.3 Å². The Labute approximate surface area is 181 Å². The predicted molar refractivity (Wildman–Crippen MR) is 114 cm³/mol. The molecular formula is C17H12BrClIN5O2. The van der Waals surface area contributed by atoms with Crippen molar-refractivity contribution >= 4 is 67.6 Å². The van der Waals surface area contributed by atoms with Crippen LogP contribution in [0, 0.1) is 10.6 Å². The van der Waals surface area contributed by atoms with Crippen LogP contribution in [0.15, 0.2) is 41.0 Å². The minimum atomic E-state index is -0.648. The first kappa shape index (κ1) is 19.8. The summed E-state index contributed by atoms with van der Waals surface area (Å²) in [7, 11) is 0. The topological polar surface area (TPSA) is 103 Å². The van der Waals surface area contributed by atoms with E-state index in [9.17, 15) is 9.59 Å². The van der Waals surface area contributed by atoms with Gasteiger partial charge in [-0.25, -0.2) is 9.67 Å². The first-order chi connectivity index (χ1) is 12.8. The largest absolute Gasteiger partial charge is 0.366 e. The average molecular weight is 561 g/mol. The summed E-state index contributed by atoms with van der Waals surface area (Å²) in [4.78, 5) is 28.9. The maximum atomic E-state index is 12.9. The van der Waals surface area contributed by atoms with Crippen molar-refractivity contribution in [2.24, 2.45) is 5.73 Å². The zero-order chi connectivity index (χ0) is 19.7. The van der Waals surface area contributed by atoms with Gasteiger partial charge in [-0.15, -0.1) is 0 Å². The van der Waals surface area contributed by atoms with E-state index in [1.165, 1.54) is 4.68 Å². The van der Waals surface area contributed by atoms with Crippen molar-refractivity contribution in [1.29, 1.82) is 0 Å². The quantitative estimate of drug-likeness (QED) is 0.472. The van der Waals surface area contributed by atoms with E-state index in [1.54, 1.807) is 43.5 Å². The predicted octanol–water partition coefficient (Wildman–Crippen LogP) is 3.95. The number of nitrogens with two attached hydrogens (primary N) is 1. The fourth-order valence-corrected chi connectivity index (χ4v) is 3.77. The number of hydrogen-bond acceptors (Lipinski definition) is 4. The summed E-state index contributed by atoms with van der Waals surface area (Å²) in [5, 5.41) is 7.40. The normalized spacial score (nSPS) is 10.7. The Bertz CT molecular complexity index is 1070. The number of carbonyl (C=O) groups is 2. The Balaban J connectivity index is 2.05. The molecule has 0 aliphatic heterocycles. The van der Waals surface area contributed by atoms with Gasteiger partial charge in [-0.3, -0.25) is 9.59 Å². The highest BCUT2D eigenvalue weighted by atomic mass is 127. The van der Waals surface area contributed by atoms with E-state index in [-0.39, 0.29) is 11.3 Å². The van der Waals surface area contributed by atoms with Gasteiger partial charge in [0.05, 0.1) is 16.3 Å². The summed E-state index contributed by atoms with van der Waals surface area (Å²) in [6.45, 7) is 1.77. The van der Waals surface area contributed by atoms with Gasteiger partial charge in [0.25, 0.3) is 11.8 Å². The molecule has 0 atom stereocenters. The second kappa shape index (κ2) is 7.95. The monoisotopic (exact) mass is 559 g/mol. The van der Waals surface area contributed by atoms with Gasteiger partial charge in [0.15, 0.2) is 5.82 Å². The molecule has 0 fully saturated rings. The van der Waals surface area contributed by atoms with Crippen LogP contribution < -0.4 is 11.1 Å². The van der Waals surface area contributed by atoms with Crippen LogP contribution in [0.3, 0.4) is 0 Å². The molecule has 3 N–H and O–H groups in total. The number of rotatable bonds is 4. The molecule has 27 heavy (non-hydrogen) atoms. The van der Waals surface area contributed by atoms with E-state index < -0.39 is 11.8 Å². The zero-order valence-electron chi connectivity index (χ0n) is 13.8. The summed E-state index contributed by atoms with van der Waals surface area (Å²) in [6, 6.07) is 8.27. The van der Waals surface area contributed by atoms with Gasteiger partial charge in [0.2, 0.25) is 0 Å². The third-order valence-electron chi connectivity index (χ3n) is 3.66. The highest BCUT2D eigenvalue weighted by Crippen LogP contribution is 2.27. The van der Waals surface area contributed by atoms with E-state index in [1.807, 2.05) is 22.6 Å². The van der Waals surface area contributed by atoms with Crippen molar-refractivity contribution in [2.45, 2.75) is 6.92 Å². The first-order valence-electron chi connectivity index (χ1n) is 7.55. The first-order valence-corrected chi connectivity index (χ1v) is 9.80. The van der Waals surface area contributed by atoms with Crippen molar-refractivity contribution in [3.8, 4) is 5.82 Å². The van der Waals surface area contributed by atoms with Crippen molar-refractivity contribution < 1.29 is 9.59 Å². The number of anilines is 1. The number of carbonyl (C=O) groups excluding carboxylic acids is 2.